The first-order valence-electron chi connectivity index (χ1n) is 5.82. The van der Waals surface area contributed by atoms with Crippen LogP contribution in [0.4, 0.5) is 0 Å². The van der Waals surface area contributed by atoms with E-state index in [0.717, 1.165) is 26.5 Å². The lowest BCUT2D eigenvalue weighted by atomic mass is 10.3. The third-order valence-corrected chi connectivity index (χ3v) is 3.95. The molecule has 1 fully saturated rings. The van der Waals surface area contributed by atoms with Crippen LogP contribution in [-0.4, -0.2) is 21.0 Å². The molecule has 1 aliphatic carbocycles. The molecule has 94 valence electrons. The van der Waals surface area contributed by atoms with Crippen molar-refractivity contribution in [3.8, 4) is 5.69 Å². The molecule has 1 N–H and O–H groups in total. The second-order valence-electron chi connectivity index (χ2n) is 4.41. The van der Waals surface area contributed by atoms with E-state index in [1.54, 1.807) is 4.68 Å². The Kier molecular flexibility index (Phi) is 3.54. The van der Waals surface area contributed by atoms with Crippen LogP contribution in [-0.2, 0) is 6.54 Å². The molecule has 0 spiro atoms. The second kappa shape index (κ2) is 5.14. The van der Waals surface area contributed by atoms with Gasteiger partial charge in [0.15, 0.2) is 0 Å². The van der Waals surface area contributed by atoms with Gasteiger partial charge in [-0.25, -0.2) is 4.68 Å². The van der Waals surface area contributed by atoms with Crippen molar-refractivity contribution in [1.82, 2.24) is 20.3 Å². The summed E-state index contributed by atoms with van der Waals surface area (Å²) in [6.45, 7) is 0.787. The van der Waals surface area contributed by atoms with Gasteiger partial charge in [0.05, 0.1) is 17.6 Å². The molecule has 3 rings (SSSR count). The molecular weight excluding hydrogens is 363 g/mol. The lowest BCUT2D eigenvalue weighted by Crippen LogP contribution is -2.15. The van der Waals surface area contributed by atoms with Crippen LogP contribution in [0.25, 0.3) is 5.69 Å². The Morgan fingerprint density at radius 3 is 3.00 bits per heavy atom. The van der Waals surface area contributed by atoms with E-state index in [1.807, 2.05) is 24.4 Å². The standard InChI is InChI=1S/C12H12ClIN4/c13-8-1-4-12(11(14)5-8)18-7-10(16-17-18)6-15-9-2-3-9/h1,4-5,7,9,15H,2-3,6H2. The maximum absolute atomic E-state index is 5.94. The minimum Gasteiger partial charge on any atom is -0.308 e. The predicted octanol–water partition coefficient (Wildman–Crippen LogP) is 2.78. The van der Waals surface area contributed by atoms with Crippen molar-refractivity contribution in [1.29, 1.82) is 0 Å². The number of rotatable bonds is 4. The van der Waals surface area contributed by atoms with Crippen LogP contribution in [0.5, 0.6) is 0 Å². The number of nitrogens with zero attached hydrogens (tertiary/aromatic N) is 3. The highest BCUT2D eigenvalue weighted by Crippen LogP contribution is 2.21. The topological polar surface area (TPSA) is 42.7 Å². The fourth-order valence-corrected chi connectivity index (χ4v) is 2.82. The van der Waals surface area contributed by atoms with Gasteiger partial charge in [-0.15, -0.1) is 5.10 Å². The number of nitrogens with one attached hydrogen (secondary N) is 1. The maximum atomic E-state index is 5.94. The van der Waals surface area contributed by atoms with Crippen molar-refractivity contribution in [2.75, 3.05) is 0 Å². The van der Waals surface area contributed by atoms with Gasteiger partial charge in [-0.2, -0.15) is 0 Å². The van der Waals surface area contributed by atoms with E-state index in [0.29, 0.717) is 6.04 Å². The number of hydrogen-bond donors (Lipinski definition) is 1. The molecule has 0 unspecified atom stereocenters. The Morgan fingerprint density at radius 1 is 1.44 bits per heavy atom. The van der Waals surface area contributed by atoms with Crippen LogP contribution >= 0.6 is 34.2 Å². The Bertz CT molecular complexity index is 565. The van der Waals surface area contributed by atoms with E-state index in [4.69, 9.17) is 11.6 Å². The smallest absolute Gasteiger partial charge is 0.0969 e. The summed E-state index contributed by atoms with van der Waals surface area (Å²) in [6, 6.07) is 6.42. The summed E-state index contributed by atoms with van der Waals surface area (Å²) < 4.78 is 2.86. The third-order valence-electron chi connectivity index (χ3n) is 2.85. The summed E-state index contributed by atoms with van der Waals surface area (Å²) in [5.41, 5.74) is 1.97. The molecule has 0 bridgehead atoms. The van der Waals surface area contributed by atoms with E-state index < -0.39 is 0 Å². The van der Waals surface area contributed by atoms with Crippen molar-refractivity contribution >= 4 is 34.2 Å². The fourth-order valence-electron chi connectivity index (χ4n) is 1.70. The Labute approximate surface area is 124 Å². The summed E-state index contributed by atoms with van der Waals surface area (Å²) in [5.74, 6) is 0. The van der Waals surface area contributed by atoms with Gasteiger partial charge in [0.25, 0.3) is 0 Å². The largest absolute Gasteiger partial charge is 0.308 e. The van der Waals surface area contributed by atoms with Crippen molar-refractivity contribution in [2.45, 2.75) is 25.4 Å². The second-order valence-corrected chi connectivity index (χ2v) is 6.00. The normalized spacial score (nSPS) is 15.0. The van der Waals surface area contributed by atoms with Crippen LogP contribution in [0.3, 0.4) is 0 Å². The first-order chi connectivity index (χ1) is 8.72. The monoisotopic (exact) mass is 374 g/mol. The molecule has 18 heavy (non-hydrogen) atoms. The number of halogens is 2. The van der Waals surface area contributed by atoms with Crippen LogP contribution in [0, 0.1) is 3.57 Å². The van der Waals surface area contributed by atoms with Gasteiger partial charge in [0.1, 0.15) is 0 Å². The van der Waals surface area contributed by atoms with Gasteiger partial charge in [0.2, 0.25) is 0 Å². The average Bonchev–Trinajstić information content (AvgIpc) is 3.05. The van der Waals surface area contributed by atoms with E-state index in [-0.39, 0.29) is 0 Å². The molecule has 0 radical (unpaired) electrons. The Hall–Kier alpha value is -0.660. The predicted molar refractivity (Wildman–Crippen MR) is 78.9 cm³/mol. The number of aromatic nitrogens is 3. The van der Waals surface area contributed by atoms with Gasteiger partial charge in [-0.1, -0.05) is 16.8 Å². The zero-order valence-electron chi connectivity index (χ0n) is 9.61. The number of benzene rings is 1. The number of hydrogen-bond acceptors (Lipinski definition) is 3. The summed E-state index contributed by atoms with van der Waals surface area (Å²) in [7, 11) is 0. The zero-order valence-corrected chi connectivity index (χ0v) is 12.5. The molecule has 1 aliphatic rings. The first kappa shape index (κ1) is 12.4. The fraction of sp³-hybridized carbons (Fsp3) is 0.333. The van der Waals surface area contributed by atoms with Gasteiger partial charge in [0, 0.05) is 21.2 Å². The first-order valence-corrected chi connectivity index (χ1v) is 7.28. The SMILES string of the molecule is Clc1ccc(-n2cc(CNC3CC3)nn2)c(I)c1. The molecule has 1 heterocycles. The lowest BCUT2D eigenvalue weighted by molar-refractivity contribution is 0.671. The highest BCUT2D eigenvalue weighted by atomic mass is 127. The van der Waals surface area contributed by atoms with Crippen molar-refractivity contribution < 1.29 is 0 Å². The van der Waals surface area contributed by atoms with Gasteiger partial charge in [-0.3, -0.25) is 0 Å². The van der Waals surface area contributed by atoms with E-state index in [9.17, 15) is 0 Å². The highest BCUT2D eigenvalue weighted by molar-refractivity contribution is 14.1. The highest BCUT2D eigenvalue weighted by Gasteiger charge is 2.20. The summed E-state index contributed by atoms with van der Waals surface area (Å²) in [5, 5.41) is 12.5. The van der Waals surface area contributed by atoms with Crippen molar-refractivity contribution in [3.63, 3.8) is 0 Å². The summed E-state index contributed by atoms with van der Waals surface area (Å²) in [6.07, 6.45) is 4.52. The van der Waals surface area contributed by atoms with Gasteiger partial charge < -0.3 is 5.32 Å². The molecule has 1 aromatic heterocycles. The average molecular weight is 375 g/mol. The van der Waals surface area contributed by atoms with Gasteiger partial charge >= 0.3 is 0 Å². The Balaban J connectivity index is 1.78. The molecular formula is C12H12ClIN4. The molecule has 0 aliphatic heterocycles. The van der Waals surface area contributed by atoms with Crippen molar-refractivity contribution in [2.24, 2.45) is 0 Å². The minimum absolute atomic E-state index is 0.686. The molecule has 1 aromatic carbocycles. The van der Waals surface area contributed by atoms with E-state index >= 15 is 0 Å². The molecule has 1 saturated carbocycles. The van der Waals surface area contributed by atoms with Crippen LogP contribution in [0.2, 0.25) is 5.02 Å². The zero-order chi connectivity index (χ0) is 12.5. The Morgan fingerprint density at radius 2 is 2.28 bits per heavy atom. The van der Waals surface area contributed by atoms with Crippen LogP contribution < -0.4 is 5.32 Å². The minimum atomic E-state index is 0.686. The third kappa shape index (κ3) is 2.84. The summed E-state index contributed by atoms with van der Waals surface area (Å²) >= 11 is 8.19. The van der Waals surface area contributed by atoms with E-state index in [1.165, 1.54) is 12.8 Å². The quantitative estimate of drug-likeness (QED) is 0.837. The van der Waals surface area contributed by atoms with Crippen LogP contribution in [0.15, 0.2) is 24.4 Å². The molecule has 2 aromatic rings. The molecule has 0 atom stereocenters. The summed E-state index contributed by atoms with van der Waals surface area (Å²) in [4.78, 5) is 0. The maximum Gasteiger partial charge on any atom is 0.0969 e. The van der Waals surface area contributed by atoms with E-state index in [2.05, 4.69) is 38.2 Å². The van der Waals surface area contributed by atoms with Gasteiger partial charge in [-0.05, 0) is 53.6 Å². The molecule has 4 nitrogen and oxygen atoms in total. The van der Waals surface area contributed by atoms with Crippen LogP contribution in [0.1, 0.15) is 18.5 Å². The lowest BCUT2D eigenvalue weighted by Gasteiger charge is -2.03. The molecule has 0 saturated heterocycles. The van der Waals surface area contributed by atoms with Crippen molar-refractivity contribution in [3.05, 3.63) is 38.7 Å². The molecule has 6 heteroatoms. The molecule has 0 amide bonds.